The molecule has 1 aliphatic rings. The molecule has 3 N–H and O–H groups in total. The molecule has 1 atom stereocenters. The average Bonchev–Trinajstić information content (AvgIpc) is 2.99. The fraction of sp³-hybridized carbons (Fsp3) is 0.533. The Hall–Kier alpha value is -1.48. The normalized spacial score (nSPS) is 19.0. The van der Waals surface area contributed by atoms with Crippen molar-refractivity contribution in [2.45, 2.75) is 17.9 Å². The van der Waals surface area contributed by atoms with E-state index < -0.39 is 10.0 Å². The lowest BCUT2D eigenvalue weighted by Gasteiger charge is -2.15. The molecule has 128 valence electrons. The molecule has 1 heterocycles. The van der Waals surface area contributed by atoms with Crippen LogP contribution in [0.3, 0.4) is 0 Å². The summed E-state index contributed by atoms with van der Waals surface area (Å²) in [5, 5.41) is 7.95. The first-order valence-corrected chi connectivity index (χ1v) is 9.05. The van der Waals surface area contributed by atoms with Crippen molar-refractivity contribution in [2.75, 3.05) is 33.4 Å². The number of hydrogen-bond acceptors (Lipinski definition) is 5. The van der Waals surface area contributed by atoms with Crippen LogP contribution in [0.2, 0.25) is 0 Å². The number of rotatable bonds is 7. The summed E-state index contributed by atoms with van der Waals surface area (Å²) in [6.45, 7) is 3.54. The van der Waals surface area contributed by atoms with Gasteiger partial charge in [-0.3, -0.25) is 4.79 Å². The van der Waals surface area contributed by atoms with Gasteiger partial charge in [0.25, 0.3) is 0 Å². The molecular formula is C15H23N3O4S. The van der Waals surface area contributed by atoms with E-state index in [1.54, 1.807) is 19.2 Å². The van der Waals surface area contributed by atoms with E-state index in [4.69, 9.17) is 9.88 Å². The highest BCUT2D eigenvalue weighted by Crippen LogP contribution is 2.16. The van der Waals surface area contributed by atoms with Crippen LogP contribution in [0.25, 0.3) is 0 Å². The van der Waals surface area contributed by atoms with Gasteiger partial charge in [-0.1, -0.05) is 12.1 Å². The number of benzene rings is 1. The first-order chi connectivity index (χ1) is 10.9. The second kappa shape index (κ2) is 7.87. The lowest BCUT2D eigenvalue weighted by molar-refractivity contribution is -0.124. The molecule has 0 radical (unpaired) electrons. The van der Waals surface area contributed by atoms with E-state index >= 15 is 0 Å². The van der Waals surface area contributed by atoms with E-state index in [0.717, 1.165) is 31.6 Å². The third kappa shape index (κ3) is 5.28. The van der Waals surface area contributed by atoms with Gasteiger partial charge in [0.2, 0.25) is 15.9 Å². The van der Waals surface area contributed by atoms with Gasteiger partial charge in [0.05, 0.1) is 17.4 Å². The predicted octanol–water partition coefficient (Wildman–Crippen LogP) is -0.0815. The number of sulfonamides is 1. The lowest BCUT2D eigenvalue weighted by atomic mass is 10.1. The van der Waals surface area contributed by atoms with Crippen LogP contribution in [0, 0.1) is 5.92 Å². The van der Waals surface area contributed by atoms with Gasteiger partial charge in [-0.05, 0) is 30.7 Å². The number of likely N-dealkylation sites (tertiary alicyclic amines) is 1. The highest BCUT2D eigenvalue weighted by molar-refractivity contribution is 7.89. The van der Waals surface area contributed by atoms with Gasteiger partial charge >= 0.3 is 0 Å². The Morgan fingerprint density at radius 3 is 2.70 bits per heavy atom. The summed E-state index contributed by atoms with van der Waals surface area (Å²) in [7, 11) is -2.01. The van der Waals surface area contributed by atoms with Crippen LogP contribution < -0.4 is 10.5 Å². The van der Waals surface area contributed by atoms with Crippen LogP contribution in [0.4, 0.5) is 0 Å². The number of nitrogens with two attached hydrogens (primary N) is 1. The van der Waals surface area contributed by atoms with Crippen molar-refractivity contribution in [1.82, 2.24) is 10.2 Å². The molecule has 0 spiro atoms. The van der Waals surface area contributed by atoms with Crippen LogP contribution >= 0.6 is 0 Å². The fourth-order valence-electron chi connectivity index (χ4n) is 2.60. The standard InChI is InChI=1S/C15H23N3O4S/c1-22-9-8-18-7-6-13(11-18)15(19)17-10-12-2-4-14(5-3-12)23(16,20)21/h2-5,13H,6-11H2,1H3,(H,17,19)(H2,16,20,21)/t13-/m0/s1. The maximum absolute atomic E-state index is 12.2. The van der Waals surface area contributed by atoms with Crippen LogP contribution in [0.5, 0.6) is 0 Å². The quantitative estimate of drug-likeness (QED) is 0.722. The Morgan fingerprint density at radius 2 is 2.09 bits per heavy atom. The third-order valence-electron chi connectivity index (χ3n) is 3.97. The summed E-state index contributed by atoms with van der Waals surface area (Å²) in [6, 6.07) is 6.19. The Bertz CT molecular complexity index is 631. The summed E-state index contributed by atoms with van der Waals surface area (Å²) in [4.78, 5) is 14.5. The molecule has 0 bridgehead atoms. The van der Waals surface area contributed by atoms with Gasteiger partial charge < -0.3 is 15.0 Å². The fourth-order valence-corrected chi connectivity index (χ4v) is 3.12. The van der Waals surface area contributed by atoms with Crippen LogP contribution in [-0.4, -0.2) is 52.6 Å². The van der Waals surface area contributed by atoms with Gasteiger partial charge in [0.15, 0.2) is 0 Å². The summed E-state index contributed by atoms with van der Waals surface area (Å²) < 4.78 is 27.4. The van der Waals surface area contributed by atoms with Crippen molar-refractivity contribution in [3.05, 3.63) is 29.8 Å². The van der Waals surface area contributed by atoms with E-state index in [2.05, 4.69) is 10.2 Å². The second-order valence-corrected chi connectivity index (χ2v) is 7.25. The van der Waals surface area contributed by atoms with Gasteiger partial charge in [0.1, 0.15) is 0 Å². The van der Waals surface area contributed by atoms with Crippen LogP contribution in [0.15, 0.2) is 29.2 Å². The number of primary sulfonamides is 1. The number of nitrogens with one attached hydrogen (secondary N) is 1. The molecule has 23 heavy (non-hydrogen) atoms. The zero-order valence-corrected chi connectivity index (χ0v) is 14.0. The number of carbonyl (C=O) groups excluding carboxylic acids is 1. The Kier molecular flexibility index (Phi) is 6.11. The van der Waals surface area contributed by atoms with Gasteiger partial charge in [-0.15, -0.1) is 0 Å². The summed E-state index contributed by atoms with van der Waals surface area (Å²) in [5.41, 5.74) is 0.833. The van der Waals surface area contributed by atoms with Gasteiger partial charge in [-0.2, -0.15) is 0 Å². The maximum atomic E-state index is 12.2. The van der Waals surface area contributed by atoms with E-state index in [0.29, 0.717) is 13.2 Å². The molecule has 2 rings (SSSR count). The van der Waals surface area contributed by atoms with Crippen molar-refractivity contribution in [2.24, 2.45) is 11.1 Å². The highest BCUT2D eigenvalue weighted by atomic mass is 32.2. The molecule has 1 aromatic carbocycles. The van der Waals surface area contributed by atoms with E-state index in [9.17, 15) is 13.2 Å². The second-order valence-electron chi connectivity index (χ2n) is 5.69. The maximum Gasteiger partial charge on any atom is 0.238 e. The third-order valence-corrected chi connectivity index (χ3v) is 4.90. The number of ether oxygens (including phenoxy) is 1. The Labute approximate surface area is 136 Å². The molecule has 1 amide bonds. The topological polar surface area (TPSA) is 102 Å². The summed E-state index contributed by atoms with van der Waals surface area (Å²) >= 11 is 0. The van der Waals surface area contributed by atoms with Crippen molar-refractivity contribution >= 4 is 15.9 Å². The minimum Gasteiger partial charge on any atom is -0.383 e. The molecule has 8 heteroatoms. The van der Waals surface area contributed by atoms with E-state index in [1.165, 1.54) is 12.1 Å². The number of amides is 1. The van der Waals surface area contributed by atoms with Gasteiger partial charge in [-0.25, -0.2) is 13.6 Å². The number of carbonyl (C=O) groups is 1. The summed E-state index contributed by atoms with van der Waals surface area (Å²) in [6.07, 6.45) is 0.847. The lowest BCUT2D eigenvalue weighted by Crippen LogP contribution is -2.33. The summed E-state index contributed by atoms with van der Waals surface area (Å²) in [5.74, 6) is 0.0241. The molecule has 1 aliphatic heterocycles. The molecular weight excluding hydrogens is 318 g/mol. The highest BCUT2D eigenvalue weighted by Gasteiger charge is 2.27. The largest absolute Gasteiger partial charge is 0.383 e. The van der Waals surface area contributed by atoms with Crippen LogP contribution in [-0.2, 0) is 26.1 Å². The minimum atomic E-state index is -3.68. The molecule has 1 fully saturated rings. The average molecular weight is 341 g/mol. The molecule has 1 aromatic rings. The van der Waals surface area contributed by atoms with Crippen LogP contribution in [0.1, 0.15) is 12.0 Å². The molecule has 0 aromatic heterocycles. The zero-order chi connectivity index (χ0) is 16.9. The zero-order valence-electron chi connectivity index (χ0n) is 13.2. The van der Waals surface area contributed by atoms with Crippen molar-refractivity contribution in [3.63, 3.8) is 0 Å². The molecule has 1 saturated heterocycles. The van der Waals surface area contributed by atoms with Crippen molar-refractivity contribution in [1.29, 1.82) is 0 Å². The molecule has 0 saturated carbocycles. The smallest absolute Gasteiger partial charge is 0.238 e. The number of nitrogens with zero attached hydrogens (tertiary/aromatic N) is 1. The Morgan fingerprint density at radius 1 is 1.39 bits per heavy atom. The first kappa shape index (κ1) is 17.9. The van der Waals surface area contributed by atoms with E-state index in [-0.39, 0.29) is 16.7 Å². The van der Waals surface area contributed by atoms with Crippen molar-refractivity contribution in [3.8, 4) is 0 Å². The van der Waals surface area contributed by atoms with Crippen molar-refractivity contribution < 1.29 is 17.9 Å². The molecule has 0 aliphatic carbocycles. The molecule has 7 nitrogen and oxygen atoms in total. The SMILES string of the molecule is COCCN1CC[C@H](C(=O)NCc2ccc(S(N)(=O)=O)cc2)C1. The number of methoxy groups -OCH3 is 1. The Balaban J connectivity index is 1.81. The number of hydrogen-bond donors (Lipinski definition) is 2. The van der Waals surface area contributed by atoms with E-state index in [1.807, 2.05) is 0 Å². The van der Waals surface area contributed by atoms with Gasteiger partial charge in [0, 0.05) is 26.7 Å². The molecule has 0 unspecified atom stereocenters. The predicted molar refractivity (Wildman–Crippen MR) is 86.1 cm³/mol. The monoisotopic (exact) mass is 341 g/mol. The minimum absolute atomic E-state index is 0.00412. The first-order valence-electron chi connectivity index (χ1n) is 7.51.